The number of carbonyl (C=O) groups is 1. The summed E-state index contributed by atoms with van der Waals surface area (Å²) >= 11 is 3.51. The Labute approximate surface area is 159 Å². The molecule has 0 saturated heterocycles. The number of hydrogen-bond acceptors (Lipinski definition) is 4. The third-order valence-corrected chi connectivity index (χ3v) is 5.22. The van der Waals surface area contributed by atoms with Crippen molar-refractivity contribution in [2.45, 2.75) is 12.8 Å². The SMILES string of the molecule is COc1cc(/C=C2\CCc3ccc(F)cc3C2=O)c(Br)c(OC)c1OC. The molecule has 0 aromatic heterocycles. The smallest absolute Gasteiger partial charge is 0.204 e. The molecule has 0 atom stereocenters. The van der Waals surface area contributed by atoms with Crippen molar-refractivity contribution in [3.8, 4) is 17.2 Å². The number of methoxy groups -OCH3 is 3. The van der Waals surface area contributed by atoms with Gasteiger partial charge in [-0.25, -0.2) is 4.39 Å². The second kappa shape index (κ2) is 7.50. The van der Waals surface area contributed by atoms with Crippen LogP contribution in [0.3, 0.4) is 0 Å². The van der Waals surface area contributed by atoms with E-state index in [-0.39, 0.29) is 5.78 Å². The van der Waals surface area contributed by atoms with Gasteiger partial charge in [0.05, 0.1) is 25.8 Å². The molecular weight excluding hydrogens is 403 g/mol. The maximum absolute atomic E-state index is 13.5. The van der Waals surface area contributed by atoms with Crippen LogP contribution >= 0.6 is 15.9 Å². The van der Waals surface area contributed by atoms with Crippen molar-refractivity contribution in [1.82, 2.24) is 0 Å². The van der Waals surface area contributed by atoms with Crippen LogP contribution in [0.15, 0.2) is 34.3 Å². The van der Waals surface area contributed by atoms with E-state index >= 15 is 0 Å². The molecule has 1 aliphatic rings. The second-order valence-electron chi connectivity index (χ2n) is 5.85. The standard InChI is InChI=1S/C20H18BrFO4/c1-24-16-9-13(17(21)20(26-3)19(16)25-2)8-12-5-4-11-6-7-14(22)10-15(11)18(12)23/h6-10H,4-5H2,1-3H3/b12-8+. The highest BCUT2D eigenvalue weighted by molar-refractivity contribution is 9.10. The van der Waals surface area contributed by atoms with Crippen molar-refractivity contribution in [1.29, 1.82) is 0 Å². The largest absolute Gasteiger partial charge is 0.493 e. The number of ketones is 1. The molecule has 0 heterocycles. The number of carbonyl (C=O) groups excluding carboxylic acids is 1. The normalized spacial score (nSPS) is 15.0. The third kappa shape index (κ3) is 3.21. The number of Topliss-reactive ketones (excluding diaryl/α,β-unsaturated/α-hetero) is 1. The summed E-state index contributed by atoms with van der Waals surface area (Å²) in [5, 5.41) is 0. The molecule has 2 aromatic rings. The highest BCUT2D eigenvalue weighted by Crippen LogP contribution is 2.45. The van der Waals surface area contributed by atoms with Crippen LogP contribution in [-0.2, 0) is 6.42 Å². The summed E-state index contributed by atoms with van der Waals surface area (Å²) < 4.78 is 30.3. The van der Waals surface area contributed by atoms with Crippen LogP contribution < -0.4 is 14.2 Å². The Morgan fingerprint density at radius 2 is 1.77 bits per heavy atom. The molecule has 0 amide bonds. The number of rotatable bonds is 4. The molecule has 1 aliphatic carbocycles. The van der Waals surface area contributed by atoms with E-state index < -0.39 is 5.82 Å². The van der Waals surface area contributed by atoms with Gasteiger partial charge in [-0.2, -0.15) is 0 Å². The number of hydrogen-bond donors (Lipinski definition) is 0. The fraction of sp³-hybridized carbons (Fsp3) is 0.250. The molecule has 136 valence electrons. The van der Waals surface area contributed by atoms with Gasteiger partial charge in [-0.15, -0.1) is 0 Å². The molecule has 0 spiro atoms. The second-order valence-corrected chi connectivity index (χ2v) is 6.64. The molecule has 0 bridgehead atoms. The first-order valence-electron chi connectivity index (χ1n) is 8.02. The molecule has 0 radical (unpaired) electrons. The minimum atomic E-state index is -0.410. The van der Waals surface area contributed by atoms with E-state index in [9.17, 15) is 9.18 Å². The molecule has 2 aromatic carbocycles. The lowest BCUT2D eigenvalue weighted by Crippen LogP contribution is -2.14. The Balaban J connectivity index is 2.09. The van der Waals surface area contributed by atoms with E-state index in [1.165, 1.54) is 33.5 Å². The monoisotopic (exact) mass is 420 g/mol. The number of fused-ring (bicyclic) bond motifs is 1. The summed E-state index contributed by atoms with van der Waals surface area (Å²) in [6, 6.07) is 6.13. The van der Waals surface area contributed by atoms with Crippen molar-refractivity contribution in [2.24, 2.45) is 0 Å². The molecule has 26 heavy (non-hydrogen) atoms. The Bertz CT molecular complexity index is 905. The lowest BCUT2D eigenvalue weighted by Gasteiger charge is -2.19. The predicted molar refractivity (Wildman–Crippen MR) is 101 cm³/mol. The first kappa shape index (κ1) is 18.5. The average molecular weight is 421 g/mol. The Morgan fingerprint density at radius 1 is 1.04 bits per heavy atom. The number of aryl methyl sites for hydroxylation is 1. The zero-order chi connectivity index (χ0) is 18.8. The van der Waals surface area contributed by atoms with Crippen LogP contribution in [-0.4, -0.2) is 27.1 Å². The summed E-state index contributed by atoms with van der Waals surface area (Å²) in [7, 11) is 4.59. The summed E-state index contributed by atoms with van der Waals surface area (Å²) in [5.41, 5.74) is 2.63. The van der Waals surface area contributed by atoms with Gasteiger partial charge in [-0.3, -0.25) is 4.79 Å². The van der Waals surface area contributed by atoms with Gasteiger partial charge in [0, 0.05) is 11.1 Å². The minimum Gasteiger partial charge on any atom is -0.493 e. The van der Waals surface area contributed by atoms with Gasteiger partial charge in [0.2, 0.25) is 5.75 Å². The van der Waals surface area contributed by atoms with Crippen LogP contribution in [0, 0.1) is 5.82 Å². The minimum absolute atomic E-state index is 0.161. The van der Waals surface area contributed by atoms with Crippen LogP contribution in [0.25, 0.3) is 6.08 Å². The van der Waals surface area contributed by atoms with E-state index in [2.05, 4.69) is 15.9 Å². The maximum atomic E-state index is 13.5. The lowest BCUT2D eigenvalue weighted by molar-refractivity contribution is 0.102. The molecule has 0 unspecified atom stereocenters. The van der Waals surface area contributed by atoms with Crippen LogP contribution in [0.4, 0.5) is 4.39 Å². The van der Waals surface area contributed by atoms with Gasteiger partial charge in [0.15, 0.2) is 17.3 Å². The lowest BCUT2D eigenvalue weighted by atomic mass is 9.86. The molecule has 3 rings (SSSR count). The fourth-order valence-corrected chi connectivity index (χ4v) is 3.68. The Hall–Kier alpha value is -2.34. The molecule has 4 nitrogen and oxygen atoms in total. The number of allylic oxidation sites excluding steroid dienone is 1. The quantitative estimate of drug-likeness (QED) is 0.664. The predicted octanol–water partition coefficient (Wildman–Crippen LogP) is 4.83. The highest BCUT2D eigenvalue weighted by Gasteiger charge is 2.24. The van der Waals surface area contributed by atoms with Crippen LogP contribution in [0.1, 0.15) is 27.9 Å². The molecule has 0 N–H and O–H groups in total. The van der Waals surface area contributed by atoms with Crippen molar-refractivity contribution in [3.05, 3.63) is 56.8 Å². The molecule has 6 heteroatoms. The first-order chi connectivity index (χ1) is 12.5. The molecule has 0 aliphatic heterocycles. The molecule has 0 saturated carbocycles. The first-order valence-corrected chi connectivity index (χ1v) is 8.81. The van der Waals surface area contributed by atoms with Crippen LogP contribution in [0.5, 0.6) is 17.2 Å². The van der Waals surface area contributed by atoms with Gasteiger partial charge >= 0.3 is 0 Å². The molecular formula is C20H18BrFO4. The van der Waals surface area contributed by atoms with Gasteiger partial charge in [0.25, 0.3) is 0 Å². The number of benzene rings is 2. The maximum Gasteiger partial charge on any atom is 0.204 e. The van der Waals surface area contributed by atoms with Gasteiger partial charge in [0.1, 0.15) is 5.82 Å². The van der Waals surface area contributed by atoms with Crippen molar-refractivity contribution < 1.29 is 23.4 Å². The van der Waals surface area contributed by atoms with E-state index in [4.69, 9.17) is 14.2 Å². The third-order valence-electron chi connectivity index (χ3n) is 4.40. The zero-order valence-electron chi connectivity index (χ0n) is 14.7. The summed E-state index contributed by atoms with van der Waals surface area (Å²) in [6.07, 6.45) is 3.06. The van der Waals surface area contributed by atoms with E-state index in [1.54, 1.807) is 18.2 Å². The van der Waals surface area contributed by atoms with Gasteiger partial charge in [-0.1, -0.05) is 6.07 Å². The molecule has 0 fully saturated rings. The highest BCUT2D eigenvalue weighted by atomic mass is 79.9. The van der Waals surface area contributed by atoms with Crippen molar-refractivity contribution >= 4 is 27.8 Å². The average Bonchev–Trinajstić information content (AvgIpc) is 2.65. The Kier molecular flexibility index (Phi) is 5.32. The summed E-state index contributed by atoms with van der Waals surface area (Å²) in [4.78, 5) is 12.8. The topological polar surface area (TPSA) is 44.8 Å². The van der Waals surface area contributed by atoms with Gasteiger partial charge < -0.3 is 14.2 Å². The van der Waals surface area contributed by atoms with Crippen LogP contribution in [0.2, 0.25) is 0 Å². The number of ether oxygens (including phenoxy) is 3. The fourth-order valence-electron chi connectivity index (χ4n) is 3.10. The van der Waals surface area contributed by atoms with E-state index in [1.807, 2.05) is 0 Å². The Morgan fingerprint density at radius 3 is 2.42 bits per heavy atom. The van der Waals surface area contributed by atoms with E-state index in [0.717, 1.165) is 11.1 Å². The summed E-state index contributed by atoms with van der Waals surface area (Å²) in [5.74, 6) is 0.868. The summed E-state index contributed by atoms with van der Waals surface area (Å²) in [6.45, 7) is 0. The number of halogens is 2. The van der Waals surface area contributed by atoms with E-state index in [0.29, 0.717) is 45.7 Å². The van der Waals surface area contributed by atoms with Gasteiger partial charge in [-0.05, 0) is 64.2 Å². The zero-order valence-corrected chi connectivity index (χ0v) is 16.3. The van der Waals surface area contributed by atoms with Crippen molar-refractivity contribution in [2.75, 3.05) is 21.3 Å². The van der Waals surface area contributed by atoms with Crippen molar-refractivity contribution in [3.63, 3.8) is 0 Å².